The maximum Gasteiger partial charge on any atom is 0.0405 e. The van der Waals surface area contributed by atoms with E-state index in [0.29, 0.717) is 11.6 Å². The van der Waals surface area contributed by atoms with Gasteiger partial charge in [-0.05, 0) is 30.0 Å². The van der Waals surface area contributed by atoms with E-state index in [0.717, 1.165) is 11.1 Å². The molecular weight excluding hydrogens is 184 g/mol. The Morgan fingerprint density at radius 3 is 2.20 bits per heavy atom. The third-order valence-electron chi connectivity index (χ3n) is 2.36. The molecule has 0 spiro atoms. The van der Waals surface area contributed by atoms with Crippen LogP contribution in [0.25, 0.3) is 0 Å². The molecule has 0 fully saturated rings. The summed E-state index contributed by atoms with van der Waals surface area (Å²) < 4.78 is 0. The molecule has 0 heterocycles. The van der Waals surface area contributed by atoms with Gasteiger partial charge in [-0.3, -0.25) is 0 Å². The second kappa shape index (κ2) is 6.23. The zero-order valence-electron chi connectivity index (χ0n) is 10.4. The number of rotatable bonds is 2. The van der Waals surface area contributed by atoms with Gasteiger partial charge in [0.15, 0.2) is 0 Å². The molecule has 0 radical (unpaired) electrons. The van der Waals surface area contributed by atoms with Crippen LogP contribution in [0.3, 0.4) is 0 Å². The van der Waals surface area contributed by atoms with Crippen molar-refractivity contribution in [2.45, 2.75) is 40.5 Å². The summed E-state index contributed by atoms with van der Waals surface area (Å²) in [6.07, 6.45) is 1.33. The number of nitrogens with one attached hydrogen (secondary N) is 1. The van der Waals surface area contributed by atoms with Crippen molar-refractivity contribution < 1.29 is 0 Å². The van der Waals surface area contributed by atoms with Crippen molar-refractivity contribution >= 4 is 11.9 Å². The topological polar surface area (TPSA) is 49.9 Å². The Kier molecular flexibility index (Phi) is 5.68. The zero-order valence-corrected chi connectivity index (χ0v) is 10.4. The van der Waals surface area contributed by atoms with Crippen molar-refractivity contribution in [1.82, 2.24) is 0 Å². The lowest BCUT2D eigenvalue weighted by Gasteiger charge is -2.13. The monoisotopic (exact) mass is 206 g/mol. The predicted octanol–water partition coefficient (Wildman–Crippen LogP) is 3.72. The summed E-state index contributed by atoms with van der Waals surface area (Å²) >= 11 is 0. The lowest BCUT2D eigenvalue weighted by atomic mass is 9.94. The van der Waals surface area contributed by atoms with E-state index < -0.39 is 0 Å². The van der Waals surface area contributed by atoms with Crippen LogP contribution >= 0.6 is 0 Å². The number of nitrogens with two attached hydrogens (primary N) is 1. The molecule has 84 valence electrons. The van der Waals surface area contributed by atoms with Crippen molar-refractivity contribution in [2.24, 2.45) is 0 Å². The third-order valence-corrected chi connectivity index (χ3v) is 2.36. The van der Waals surface area contributed by atoms with Crippen LogP contribution in [0.2, 0.25) is 0 Å². The Labute approximate surface area is 93.0 Å². The number of hydrogen-bond acceptors (Lipinski definition) is 2. The Morgan fingerprint density at radius 1 is 1.27 bits per heavy atom. The first-order chi connectivity index (χ1) is 7.07. The normalized spacial score (nSPS) is 9.47. The minimum absolute atomic E-state index is 0.485. The highest BCUT2D eigenvalue weighted by Gasteiger charge is 2.08. The van der Waals surface area contributed by atoms with Crippen molar-refractivity contribution in [3.05, 3.63) is 28.8 Å². The van der Waals surface area contributed by atoms with Gasteiger partial charge >= 0.3 is 0 Å². The summed E-state index contributed by atoms with van der Waals surface area (Å²) in [6, 6.07) is 3.92. The van der Waals surface area contributed by atoms with Crippen molar-refractivity contribution in [1.29, 1.82) is 5.41 Å². The van der Waals surface area contributed by atoms with E-state index in [2.05, 4.69) is 13.8 Å². The van der Waals surface area contributed by atoms with E-state index in [1.54, 1.807) is 0 Å². The van der Waals surface area contributed by atoms with Gasteiger partial charge in [0.05, 0.1) is 0 Å². The first-order valence-electron chi connectivity index (χ1n) is 5.47. The Bertz CT molecular complexity index is 328. The molecule has 0 bridgehead atoms. The van der Waals surface area contributed by atoms with Crippen molar-refractivity contribution in [3.8, 4) is 0 Å². The van der Waals surface area contributed by atoms with Crippen LogP contribution in [0.15, 0.2) is 12.1 Å². The molecule has 0 atom stereocenters. The second-order valence-corrected chi connectivity index (χ2v) is 3.58. The molecule has 15 heavy (non-hydrogen) atoms. The van der Waals surface area contributed by atoms with Gasteiger partial charge in [0.2, 0.25) is 0 Å². The molecule has 0 aliphatic rings. The van der Waals surface area contributed by atoms with Gasteiger partial charge in [-0.15, -0.1) is 0 Å². The van der Waals surface area contributed by atoms with Crippen molar-refractivity contribution in [2.75, 3.05) is 5.73 Å². The lowest BCUT2D eigenvalue weighted by Crippen LogP contribution is -2.01. The molecule has 1 aromatic rings. The van der Waals surface area contributed by atoms with Crippen LogP contribution in [0, 0.1) is 12.3 Å². The number of benzene rings is 1. The highest BCUT2D eigenvalue weighted by molar-refractivity contribution is 5.87. The predicted molar refractivity (Wildman–Crippen MR) is 68.9 cm³/mol. The molecule has 0 saturated carbocycles. The maximum atomic E-state index is 7.26. The molecule has 1 rings (SSSR count). The molecule has 0 aliphatic heterocycles. The van der Waals surface area contributed by atoms with Crippen LogP contribution in [-0.2, 0) is 0 Å². The Morgan fingerprint density at radius 2 is 1.80 bits per heavy atom. The second-order valence-electron chi connectivity index (χ2n) is 3.58. The molecular formula is C13H22N2. The van der Waals surface area contributed by atoms with Crippen LogP contribution in [0.4, 0.5) is 5.69 Å². The summed E-state index contributed by atoms with van der Waals surface area (Å²) in [5.41, 5.74) is 9.69. The average Bonchev–Trinajstić information content (AvgIpc) is 2.21. The zero-order chi connectivity index (χ0) is 12.0. The lowest BCUT2D eigenvalue weighted by molar-refractivity contribution is 0.856. The maximum absolute atomic E-state index is 7.26. The molecule has 0 amide bonds. The summed E-state index contributed by atoms with van der Waals surface area (Å²) in [4.78, 5) is 0. The largest absolute Gasteiger partial charge is 0.398 e. The molecule has 0 unspecified atom stereocenters. The minimum atomic E-state index is 0.485. The van der Waals surface area contributed by atoms with E-state index in [1.165, 1.54) is 11.8 Å². The van der Waals surface area contributed by atoms with E-state index in [1.807, 2.05) is 32.9 Å². The molecule has 0 aromatic heterocycles. The average molecular weight is 206 g/mol. The van der Waals surface area contributed by atoms with Gasteiger partial charge < -0.3 is 11.1 Å². The first-order valence-corrected chi connectivity index (χ1v) is 5.47. The number of hydrogen-bond donors (Lipinski definition) is 2. The fraction of sp³-hybridized carbons (Fsp3) is 0.462. The van der Waals surface area contributed by atoms with Crippen LogP contribution in [0.1, 0.15) is 50.3 Å². The third kappa shape index (κ3) is 3.08. The fourth-order valence-electron chi connectivity index (χ4n) is 1.58. The summed E-state index contributed by atoms with van der Waals surface area (Å²) in [7, 11) is 0. The van der Waals surface area contributed by atoms with Gasteiger partial charge in [-0.2, -0.15) is 0 Å². The quantitative estimate of drug-likeness (QED) is 0.562. The number of nitrogen functional groups attached to an aromatic ring is 1. The SMILES string of the molecule is CC.Cc1c(C(C)C)ccc(N)c1C=N. The molecule has 0 saturated heterocycles. The summed E-state index contributed by atoms with van der Waals surface area (Å²) in [6.45, 7) is 10.3. The van der Waals surface area contributed by atoms with Gasteiger partial charge in [0.1, 0.15) is 0 Å². The number of anilines is 1. The molecule has 1 aromatic carbocycles. The van der Waals surface area contributed by atoms with Gasteiger partial charge in [0, 0.05) is 17.5 Å². The van der Waals surface area contributed by atoms with Crippen molar-refractivity contribution in [3.63, 3.8) is 0 Å². The fourth-order valence-corrected chi connectivity index (χ4v) is 1.58. The van der Waals surface area contributed by atoms with Gasteiger partial charge in [-0.1, -0.05) is 33.8 Å². The highest BCUT2D eigenvalue weighted by Crippen LogP contribution is 2.24. The van der Waals surface area contributed by atoms with E-state index >= 15 is 0 Å². The molecule has 2 nitrogen and oxygen atoms in total. The van der Waals surface area contributed by atoms with Gasteiger partial charge in [0.25, 0.3) is 0 Å². The summed E-state index contributed by atoms with van der Waals surface area (Å²) in [5, 5.41) is 7.26. The van der Waals surface area contributed by atoms with Crippen LogP contribution in [0.5, 0.6) is 0 Å². The van der Waals surface area contributed by atoms with E-state index in [4.69, 9.17) is 11.1 Å². The van der Waals surface area contributed by atoms with Crippen LogP contribution in [-0.4, -0.2) is 6.21 Å². The smallest absolute Gasteiger partial charge is 0.0405 e. The van der Waals surface area contributed by atoms with Crippen LogP contribution < -0.4 is 5.73 Å². The summed E-state index contributed by atoms with van der Waals surface area (Å²) in [5.74, 6) is 0.485. The van der Waals surface area contributed by atoms with E-state index in [-0.39, 0.29) is 0 Å². The molecule has 0 aliphatic carbocycles. The van der Waals surface area contributed by atoms with Gasteiger partial charge in [-0.25, -0.2) is 0 Å². The van der Waals surface area contributed by atoms with E-state index in [9.17, 15) is 0 Å². The Balaban J connectivity index is 0.000000921. The first kappa shape index (κ1) is 13.7. The molecule has 3 N–H and O–H groups in total. The minimum Gasteiger partial charge on any atom is -0.398 e. The highest BCUT2D eigenvalue weighted by atomic mass is 14.6. The Hall–Kier alpha value is -1.31. The standard InChI is InChI=1S/C11H16N2.C2H6/c1-7(2)9-4-5-11(13)10(6-12)8(9)3;1-2/h4-7,12H,13H2,1-3H3;1-2H3. The molecule has 2 heteroatoms.